The van der Waals surface area contributed by atoms with Crippen molar-refractivity contribution in [2.45, 2.75) is 33.2 Å². The Morgan fingerprint density at radius 2 is 1.71 bits per heavy atom. The lowest BCUT2D eigenvalue weighted by atomic mass is 10.1. The van der Waals surface area contributed by atoms with E-state index in [2.05, 4.69) is 13.8 Å². The summed E-state index contributed by atoms with van der Waals surface area (Å²) >= 11 is 0. The zero-order valence-corrected chi connectivity index (χ0v) is 5.31. The summed E-state index contributed by atoms with van der Waals surface area (Å²) in [6.07, 6.45) is 0.917. The van der Waals surface area contributed by atoms with Gasteiger partial charge >= 0.3 is 0 Å². The van der Waals surface area contributed by atoms with E-state index in [4.69, 9.17) is 5.73 Å². The molecule has 0 N–H and O–H groups in total. The van der Waals surface area contributed by atoms with Crippen molar-refractivity contribution in [2.75, 3.05) is 0 Å². The molecule has 0 fully saturated rings. The van der Waals surface area contributed by atoms with E-state index in [0.29, 0.717) is 5.92 Å². The third kappa shape index (κ3) is 5.96. The third-order valence-corrected chi connectivity index (χ3v) is 0.813. The summed E-state index contributed by atoms with van der Waals surface area (Å²) in [5.74, 6) is 0.625. The van der Waals surface area contributed by atoms with Gasteiger partial charge in [-0.05, 0) is 19.3 Å². The minimum atomic E-state index is -0.125. The van der Waals surface area contributed by atoms with Gasteiger partial charge in [0.15, 0.2) is 0 Å². The van der Waals surface area contributed by atoms with E-state index in [9.17, 15) is 0 Å². The molecule has 0 aromatic carbocycles. The van der Waals surface area contributed by atoms with Crippen LogP contribution in [0.15, 0.2) is 0 Å². The van der Waals surface area contributed by atoms with Gasteiger partial charge in [0.2, 0.25) is 0 Å². The molecule has 0 aromatic heterocycles. The van der Waals surface area contributed by atoms with Gasteiger partial charge in [0.05, 0.1) is 0 Å². The summed E-state index contributed by atoms with van der Waals surface area (Å²) in [5.41, 5.74) is 8.72. The SMILES string of the molecule is CC(C)CC(C)[N]. The monoisotopic (exact) mass is 99.1 g/mol. The molecule has 0 aliphatic heterocycles. The first-order valence-corrected chi connectivity index (χ1v) is 2.81. The van der Waals surface area contributed by atoms with E-state index < -0.39 is 0 Å². The molecule has 0 spiro atoms. The summed E-state index contributed by atoms with van der Waals surface area (Å²) in [5, 5.41) is 0. The van der Waals surface area contributed by atoms with Gasteiger partial charge in [-0.15, -0.1) is 5.73 Å². The minimum Gasteiger partial charge on any atom is -0.141 e. The van der Waals surface area contributed by atoms with Gasteiger partial charge in [-0.1, -0.05) is 13.8 Å². The van der Waals surface area contributed by atoms with Crippen molar-refractivity contribution in [1.29, 1.82) is 0 Å². The molecule has 7 heavy (non-hydrogen) atoms. The Morgan fingerprint density at radius 1 is 1.29 bits per heavy atom. The Morgan fingerprint density at radius 3 is 1.71 bits per heavy atom. The molecule has 1 unspecified atom stereocenters. The fraction of sp³-hybridized carbons (Fsp3) is 1.00. The second-order valence-corrected chi connectivity index (χ2v) is 2.48. The maximum Gasteiger partial charge on any atom is 0.0407 e. The molecular formula is C6H13N. The van der Waals surface area contributed by atoms with Crippen molar-refractivity contribution in [1.82, 2.24) is 5.73 Å². The molecule has 0 aliphatic carbocycles. The van der Waals surface area contributed by atoms with Crippen LogP contribution < -0.4 is 5.73 Å². The van der Waals surface area contributed by atoms with Gasteiger partial charge in [-0.3, -0.25) is 0 Å². The number of hydrogen-bond acceptors (Lipinski definition) is 0. The molecule has 0 aromatic rings. The highest BCUT2D eigenvalue weighted by Gasteiger charge is 1.98. The third-order valence-electron chi connectivity index (χ3n) is 0.813. The smallest absolute Gasteiger partial charge is 0.0407 e. The van der Waals surface area contributed by atoms with Crippen LogP contribution in [0.4, 0.5) is 0 Å². The van der Waals surface area contributed by atoms with Crippen LogP contribution >= 0.6 is 0 Å². The Labute approximate surface area is 45.9 Å². The minimum absolute atomic E-state index is 0.125. The molecule has 0 rings (SSSR count). The van der Waals surface area contributed by atoms with Crippen molar-refractivity contribution in [3.05, 3.63) is 0 Å². The van der Waals surface area contributed by atoms with Crippen molar-refractivity contribution in [3.8, 4) is 0 Å². The predicted octanol–water partition coefficient (Wildman–Crippen LogP) is 1.49. The zero-order valence-electron chi connectivity index (χ0n) is 5.31. The van der Waals surface area contributed by atoms with E-state index in [1.807, 2.05) is 6.92 Å². The second-order valence-electron chi connectivity index (χ2n) is 2.48. The van der Waals surface area contributed by atoms with Crippen LogP contribution in [0.3, 0.4) is 0 Å². The summed E-state index contributed by atoms with van der Waals surface area (Å²) < 4.78 is 0. The van der Waals surface area contributed by atoms with Crippen molar-refractivity contribution >= 4 is 0 Å². The second kappa shape index (κ2) is 3.03. The van der Waals surface area contributed by atoms with Gasteiger partial charge in [-0.25, -0.2) is 0 Å². The highest BCUT2D eigenvalue weighted by atomic mass is 14.6. The topological polar surface area (TPSA) is 22.3 Å². The molecule has 2 radical (unpaired) electrons. The molecule has 1 heteroatoms. The molecule has 0 saturated carbocycles. The van der Waals surface area contributed by atoms with Crippen molar-refractivity contribution < 1.29 is 0 Å². The highest BCUT2D eigenvalue weighted by molar-refractivity contribution is 4.53. The highest BCUT2D eigenvalue weighted by Crippen LogP contribution is 2.01. The molecular weight excluding hydrogens is 86.1 g/mol. The lowest BCUT2D eigenvalue weighted by Gasteiger charge is -2.03. The van der Waals surface area contributed by atoms with Crippen LogP contribution in [-0.4, -0.2) is 6.04 Å². The summed E-state index contributed by atoms with van der Waals surface area (Å²) in [6, 6.07) is -0.125. The first kappa shape index (κ1) is 6.96. The largest absolute Gasteiger partial charge is 0.141 e. The first-order valence-electron chi connectivity index (χ1n) is 2.81. The standard InChI is InChI=1S/C6H13N/c1-5(2)4-6(3)7/h5-6H,4H2,1-3H3. The number of rotatable bonds is 2. The van der Waals surface area contributed by atoms with Crippen LogP contribution in [0.5, 0.6) is 0 Å². The van der Waals surface area contributed by atoms with Crippen LogP contribution in [-0.2, 0) is 0 Å². The van der Waals surface area contributed by atoms with Gasteiger partial charge in [0.1, 0.15) is 0 Å². The summed E-state index contributed by atoms with van der Waals surface area (Å²) in [4.78, 5) is 0. The summed E-state index contributed by atoms with van der Waals surface area (Å²) in [6.45, 7) is 6.03. The van der Waals surface area contributed by atoms with E-state index in [1.54, 1.807) is 0 Å². The number of hydrogen-bond donors (Lipinski definition) is 0. The van der Waals surface area contributed by atoms with Gasteiger partial charge in [0.25, 0.3) is 0 Å². The zero-order chi connectivity index (χ0) is 5.86. The molecule has 1 nitrogen and oxygen atoms in total. The van der Waals surface area contributed by atoms with E-state index in [0.717, 1.165) is 6.42 Å². The molecule has 0 aliphatic rings. The Hall–Kier alpha value is -0.0400. The van der Waals surface area contributed by atoms with Gasteiger partial charge in [-0.2, -0.15) is 0 Å². The molecule has 0 saturated heterocycles. The average Bonchev–Trinajstić information content (AvgIpc) is 1.27. The predicted molar refractivity (Wildman–Crippen MR) is 31.1 cm³/mol. The Balaban J connectivity index is 2.95. The summed E-state index contributed by atoms with van der Waals surface area (Å²) in [7, 11) is 0. The normalized spacial score (nSPS) is 15.0. The molecule has 0 bridgehead atoms. The average molecular weight is 99.2 g/mol. The van der Waals surface area contributed by atoms with Gasteiger partial charge < -0.3 is 0 Å². The molecule has 0 heterocycles. The fourth-order valence-electron chi connectivity index (χ4n) is 0.682. The van der Waals surface area contributed by atoms with E-state index >= 15 is 0 Å². The molecule has 42 valence electrons. The number of nitrogens with zero attached hydrogens (tertiary/aromatic N) is 1. The van der Waals surface area contributed by atoms with Crippen molar-refractivity contribution in [2.24, 2.45) is 5.92 Å². The van der Waals surface area contributed by atoms with E-state index in [1.165, 1.54) is 0 Å². The Bertz CT molecular complexity index is 33.4. The molecule has 1 atom stereocenters. The lowest BCUT2D eigenvalue weighted by Crippen LogP contribution is -2.05. The van der Waals surface area contributed by atoms with Crippen LogP contribution in [0, 0.1) is 5.92 Å². The fourth-order valence-corrected chi connectivity index (χ4v) is 0.682. The lowest BCUT2D eigenvalue weighted by molar-refractivity contribution is 0.511. The van der Waals surface area contributed by atoms with Crippen LogP contribution in [0.2, 0.25) is 0 Å². The first-order chi connectivity index (χ1) is 3.13. The van der Waals surface area contributed by atoms with Crippen LogP contribution in [0.25, 0.3) is 0 Å². The van der Waals surface area contributed by atoms with Crippen molar-refractivity contribution in [3.63, 3.8) is 0 Å². The van der Waals surface area contributed by atoms with Gasteiger partial charge in [0, 0.05) is 6.04 Å². The van der Waals surface area contributed by atoms with E-state index in [-0.39, 0.29) is 6.04 Å². The Kier molecular flexibility index (Phi) is 3.01. The quantitative estimate of drug-likeness (QED) is 0.500. The maximum atomic E-state index is 8.72. The maximum absolute atomic E-state index is 8.72. The molecule has 0 amide bonds. The van der Waals surface area contributed by atoms with Crippen LogP contribution in [0.1, 0.15) is 27.2 Å².